The van der Waals surface area contributed by atoms with Crippen molar-refractivity contribution in [2.24, 2.45) is 0 Å². The third-order valence-corrected chi connectivity index (χ3v) is 4.77. The topological polar surface area (TPSA) is 102 Å². The molecule has 3 heterocycles. The van der Waals surface area contributed by atoms with Gasteiger partial charge >= 0.3 is 0 Å². The first kappa shape index (κ1) is 17.6. The summed E-state index contributed by atoms with van der Waals surface area (Å²) in [5.74, 6) is 0.475. The number of nitrogens with zero attached hydrogens (tertiary/aromatic N) is 6. The van der Waals surface area contributed by atoms with Crippen LogP contribution in [0.25, 0.3) is 5.69 Å². The van der Waals surface area contributed by atoms with Crippen molar-refractivity contribution in [3.05, 3.63) is 48.1 Å². The van der Waals surface area contributed by atoms with Gasteiger partial charge in [-0.05, 0) is 37.6 Å². The van der Waals surface area contributed by atoms with E-state index in [1.807, 2.05) is 0 Å². The molecule has 1 saturated heterocycles. The van der Waals surface area contributed by atoms with Crippen molar-refractivity contribution in [3.63, 3.8) is 0 Å². The zero-order valence-electron chi connectivity index (χ0n) is 14.5. The van der Waals surface area contributed by atoms with Gasteiger partial charge < -0.3 is 9.84 Å². The predicted molar refractivity (Wildman–Crippen MR) is 97.5 cm³/mol. The summed E-state index contributed by atoms with van der Waals surface area (Å²) in [7, 11) is 0. The molecule has 9 nitrogen and oxygen atoms in total. The maximum Gasteiger partial charge on any atom is 0.238 e. The fraction of sp³-hybridized carbons (Fsp3) is 0.353. The highest BCUT2D eigenvalue weighted by Crippen LogP contribution is 2.29. The number of halogens is 1. The zero-order chi connectivity index (χ0) is 18.6. The van der Waals surface area contributed by atoms with Crippen LogP contribution in [-0.4, -0.2) is 48.8 Å². The van der Waals surface area contributed by atoms with Gasteiger partial charge in [-0.3, -0.25) is 9.69 Å². The lowest BCUT2D eigenvalue weighted by atomic mass is 10.0. The third kappa shape index (κ3) is 3.99. The lowest BCUT2D eigenvalue weighted by molar-refractivity contribution is -0.118. The molecule has 3 aromatic rings. The third-order valence-electron chi connectivity index (χ3n) is 4.54. The lowest BCUT2D eigenvalue weighted by Crippen LogP contribution is -2.39. The molecule has 0 aliphatic carbocycles. The van der Waals surface area contributed by atoms with Gasteiger partial charge in [0.25, 0.3) is 0 Å². The number of amides is 1. The summed E-state index contributed by atoms with van der Waals surface area (Å²) in [5, 5.41) is 11.5. The SMILES string of the molecule is O=C(CN1CCCC[C@@H]1c1ncon1)Nc1cc(Cl)ccc1-n1cncn1. The number of rotatable bonds is 5. The first-order valence-electron chi connectivity index (χ1n) is 8.65. The standard InChI is InChI=1S/C17H18ClN7O2/c18-12-4-5-14(25-10-19-9-21-25)13(7-12)22-16(26)8-24-6-2-1-3-15(24)17-20-11-27-23-17/h4-5,7,9-11,15H,1-3,6,8H2,(H,22,26)/t15-/m1/s1. The van der Waals surface area contributed by atoms with E-state index in [9.17, 15) is 4.79 Å². The summed E-state index contributed by atoms with van der Waals surface area (Å²) in [6.07, 6.45) is 7.32. The second kappa shape index (κ2) is 7.85. The number of likely N-dealkylation sites (tertiary alicyclic amines) is 1. The number of benzene rings is 1. The van der Waals surface area contributed by atoms with Crippen LogP contribution < -0.4 is 5.32 Å². The van der Waals surface area contributed by atoms with Gasteiger partial charge in [-0.1, -0.05) is 23.2 Å². The van der Waals surface area contributed by atoms with Crippen LogP contribution >= 0.6 is 11.6 Å². The molecule has 0 radical (unpaired) electrons. The van der Waals surface area contributed by atoms with E-state index in [0.29, 0.717) is 22.2 Å². The van der Waals surface area contributed by atoms with E-state index in [-0.39, 0.29) is 18.5 Å². The Hall–Kier alpha value is -2.78. The minimum atomic E-state index is -0.144. The second-order valence-electron chi connectivity index (χ2n) is 6.32. The monoisotopic (exact) mass is 387 g/mol. The van der Waals surface area contributed by atoms with E-state index < -0.39 is 0 Å². The van der Waals surface area contributed by atoms with Crippen LogP contribution in [0, 0.1) is 0 Å². The van der Waals surface area contributed by atoms with Gasteiger partial charge in [-0.15, -0.1) is 0 Å². The van der Waals surface area contributed by atoms with E-state index in [4.69, 9.17) is 16.1 Å². The first-order chi connectivity index (χ1) is 13.2. The van der Waals surface area contributed by atoms with Gasteiger partial charge in [0.2, 0.25) is 12.3 Å². The Kier molecular flexibility index (Phi) is 5.12. The lowest BCUT2D eigenvalue weighted by Gasteiger charge is -2.33. The second-order valence-corrected chi connectivity index (χ2v) is 6.76. The molecule has 1 aliphatic heterocycles. The van der Waals surface area contributed by atoms with E-state index in [1.54, 1.807) is 29.2 Å². The van der Waals surface area contributed by atoms with Crippen LogP contribution in [0.15, 0.2) is 41.8 Å². The quantitative estimate of drug-likeness (QED) is 0.717. The van der Waals surface area contributed by atoms with Crippen molar-refractivity contribution in [2.75, 3.05) is 18.4 Å². The van der Waals surface area contributed by atoms with Crippen LogP contribution in [0.4, 0.5) is 5.69 Å². The minimum Gasteiger partial charge on any atom is -0.343 e. The van der Waals surface area contributed by atoms with Crippen molar-refractivity contribution in [1.82, 2.24) is 29.8 Å². The van der Waals surface area contributed by atoms with Gasteiger partial charge in [-0.2, -0.15) is 10.1 Å². The van der Waals surface area contributed by atoms with E-state index in [1.165, 1.54) is 12.7 Å². The number of piperidine rings is 1. The first-order valence-corrected chi connectivity index (χ1v) is 9.03. The van der Waals surface area contributed by atoms with Gasteiger partial charge in [-0.25, -0.2) is 9.67 Å². The molecule has 0 spiro atoms. The number of hydrogen-bond acceptors (Lipinski definition) is 7. The molecular formula is C17H18ClN7O2. The number of carbonyl (C=O) groups excluding carboxylic acids is 1. The number of carbonyl (C=O) groups is 1. The van der Waals surface area contributed by atoms with Crippen molar-refractivity contribution in [2.45, 2.75) is 25.3 Å². The van der Waals surface area contributed by atoms with Gasteiger partial charge in [0.05, 0.1) is 24.0 Å². The van der Waals surface area contributed by atoms with Crippen molar-refractivity contribution < 1.29 is 9.32 Å². The largest absolute Gasteiger partial charge is 0.343 e. The molecule has 1 fully saturated rings. The summed E-state index contributed by atoms with van der Waals surface area (Å²) >= 11 is 6.11. The maximum absolute atomic E-state index is 12.7. The molecule has 2 aromatic heterocycles. The number of hydrogen-bond donors (Lipinski definition) is 1. The molecule has 0 bridgehead atoms. The molecular weight excluding hydrogens is 370 g/mol. The minimum absolute atomic E-state index is 0.0163. The van der Waals surface area contributed by atoms with Crippen molar-refractivity contribution in [1.29, 1.82) is 0 Å². The van der Waals surface area contributed by atoms with Crippen molar-refractivity contribution in [3.8, 4) is 5.69 Å². The Morgan fingerprint density at radius 2 is 2.30 bits per heavy atom. The predicted octanol–water partition coefficient (Wildman–Crippen LogP) is 2.47. The molecule has 1 aliphatic rings. The van der Waals surface area contributed by atoms with Crippen LogP contribution in [0.3, 0.4) is 0 Å². The van der Waals surface area contributed by atoms with Gasteiger partial charge in [0.1, 0.15) is 12.7 Å². The highest BCUT2D eigenvalue weighted by Gasteiger charge is 2.28. The molecule has 1 N–H and O–H groups in total. The summed E-state index contributed by atoms with van der Waals surface area (Å²) in [6, 6.07) is 5.21. The van der Waals surface area contributed by atoms with Crippen LogP contribution in [0.5, 0.6) is 0 Å². The normalized spacial score (nSPS) is 17.7. The zero-order valence-corrected chi connectivity index (χ0v) is 15.2. The molecule has 10 heteroatoms. The van der Waals surface area contributed by atoms with E-state index in [2.05, 4.69) is 30.4 Å². The molecule has 1 aromatic carbocycles. The molecule has 1 amide bonds. The average molecular weight is 388 g/mol. The molecule has 4 rings (SSSR count). The Bertz CT molecular complexity index is 898. The fourth-order valence-electron chi connectivity index (χ4n) is 3.31. The average Bonchev–Trinajstić information content (AvgIpc) is 3.36. The highest BCUT2D eigenvalue weighted by atomic mass is 35.5. The van der Waals surface area contributed by atoms with E-state index in [0.717, 1.165) is 25.8 Å². The summed E-state index contributed by atoms with van der Waals surface area (Å²) in [5.41, 5.74) is 1.27. The van der Waals surface area contributed by atoms with Gasteiger partial charge in [0.15, 0.2) is 5.82 Å². The molecule has 1 atom stereocenters. The highest BCUT2D eigenvalue weighted by molar-refractivity contribution is 6.31. The fourth-order valence-corrected chi connectivity index (χ4v) is 3.49. The van der Waals surface area contributed by atoms with Crippen LogP contribution in [0.1, 0.15) is 31.1 Å². The molecule has 140 valence electrons. The van der Waals surface area contributed by atoms with Gasteiger partial charge in [0, 0.05) is 5.02 Å². The Morgan fingerprint density at radius 3 is 3.07 bits per heavy atom. The molecule has 0 unspecified atom stereocenters. The summed E-state index contributed by atoms with van der Waals surface area (Å²) < 4.78 is 6.45. The number of aromatic nitrogens is 5. The van der Waals surface area contributed by atoms with E-state index >= 15 is 0 Å². The number of anilines is 1. The summed E-state index contributed by atoms with van der Waals surface area (Å²) in [6.45, 7) is 1.03. The molecule has 0 saturated carbocycles. The maximum atomic E-state index is 12.7. The smallest absolute Gasteiger partial charge is 0.238 e. The Balaban J connectivity index is 1.50. The Morgan fingerprint density at radius 1 is 1.37 bits per heavy atom. The van der Waals surface area contributed by atoms with Crippen molar-refractivity contribution >= 4 is 23.2 Å². The van der Waals surface area contributed by atoms with Crippen LogP contribution in [-0.2, 0) is 4.79 Å². The van der Waals surface area contributed by atoms with Crippen LogP contribution in [0.2, 0.25) is 5.02 Å². The number of nitrogens with one attached hydrogen (secondary N) is 1. The molecule has 27 heavy (non-hydrogen) atoms. The summed E-state index contributed by atoms with van der Waals surface area (Å²) in [4.78, 5) is 22.9. The Labute approximate surface area is 160 Å².